The lowest BCUT2D eigenvalue weighted by Crippen LogP contribution is -2.42. The summed E-state index contributed by atoms with van der Waals surface area (Å²) in [6.07, 6.45) is -3.83. The van der Waals surface area contributed by atoms with Gasteiger partial charge in [-0.1, -0.05) is 23.5 Å². The minimum Gasteiger partial charge on any atom is -0.325 e. The summed E-state index contributed by atoms with van der Waals surface area (Å²) in [5.41, 5.74) is -0.967. The van der Waals surface area contributed by atoms with Gasteiger partial charge < -0.3 is 10.3 Å². The van der Waals surface area contributed by atoms with Crippen molar-refractivity contribution in [3.05, 3.63) is 66.8 Å². The molecule has 7 rings (SSSR count). The van der Waals surface area contributed by atoms with Gasteiger partial charge >= 0.3 is 11.0 Å². The maximum absolute atomic E-state index is 13.6. The number of thioether (sulfide) groups is 1. The van der Waals surface area contributed by atoms with Gasteiger partial charge in [-0.2, -0.15) is 13.2 Å². The first-order valence-corrected chi connectivity index (χ1v) is 14.9. The third-order valence-corrected chi connectivity index (χ3v) is 12.0. The van der Waals surface area contributed by atoms with Crippen LogP contribution in [0.15, 0.2) is 51.6 Å². The first kappa shape index (κ1) is 25.1. The average Bonchev–Trinajstić information content (AvgIpc) is 3.69. The first-order valence-electron chi connectivity index (χ1n) is 12.4. The second kappa shape index (κ2) is 8.80. The van der Waals surface area contributed by atoms with E-state index < -0.39 is 47.8 Å². The summed E-state index contributed by atoms with van der Waals surface area (Å²) in [4.78, 5) is 58.0. The van der Waals surface area contributed by atoms with E-state index in [4.69, 9.17) is 0 Å². The summed E-state index contributed by atoms with van der Waals surface area (Å²) in [5.74, 6) is -2.68. The lowest BCUT2D eigenvalue weighted by molar-refractivity contribution is -0.143. The number of imide groups is 1. The van der Waals surface area contributed by atoms with Gasteiger partial charge in [0.05, 0.1) is 22.4 Å². The molecular weight excluding hydrogens is 571 g/mol. The maximum Gasteiger partial charge on any atom is 0.416 e. The molecule has 39 heavy (non-hydrogen) atoms. The molecule has 1 aromatic carbocycles. The number of hydrogen-bond acceptors (Lipinski definition) is 7. The Kier molecular flexibility index (Phi) is 5.66. The smallest absolute Gasteiger partial charge is 0.325 e. The Morgan fingerprint density at radius 3 is 2.56 bits per heavy atom. The standard InChI is InChI=1S/C26H20F3N3O4S3/c27-26(28,29)10-3-1-4-11(7-10)30-15(33)9-32-23(34)17-12-8-13(18(17)24(32)35)20-16(12)19(14-5-2-6-37-14)21-22(38-20)31-25(36)39-21/h1-7,12-13,16-20H,8-9H2,(H,30,33)(H,31,36)/t12?,13?,16?,17?,18?,19-,20?/m1/s1. The lowest BCUT2D eigenvalue weighted by Gasteiger charge is -2.42. The Hall–Kier alpha value is -2.90. The number of hydrogen-bond donors (Lipinski definition) is 2. The van der Waals surface area contributed by atoms with Crippen LogP contribution in [0.3, 0.4) is 0 Å². The fourth-order valence-corrected chi connectivity index (χ4v) is 11.0. The normalized spacial score (nSPS) is 30.8. The number of rotatable bonds is 4. The largest absolute Gasteiger partial charge is 0.416 e. The van der Waals surface area contributed by atoms with E-state index in [1.54, 1.807) is 23.1 Å². The zero-order valence-electron chi connectivity index (χ0n) is 19.9. The van der Waals surface area contributed by atoms with Crippen LogP contribution in [-0.2, 0) is 20.6 Å². The average molecular weight is 592 g/mol. The first-order chi connectivity index (χ1) is 18.6. The molecule has 2 aromatic heterocycles. The van der Waals surface area contributed by atoms with Crippen LogP contribution in [0.1, 0.15) is 27.7 Å². The molecular formula is C26H20F3N3O4S3. The van der Waals surface area contributed by atoms with E-state index in [9.17, 15) is 32.3 Å². The highest BCUT2D eigenvalue weighted by Crippen LogP contribution is 2.68. The summed E-state index contributed by atoms with van der Waals surface area (Å²) in [7, 11) is 0. The number of nitrogens with one attached hydrogen (secondary N) is 2. The van der Waals surface area contributed by atoms with Gasteiger partial charge in [-0.3, -0.25) is 24.1 Å². The van der Waals surface area contributed by atoms with Crippen molar-refractivity contribution >= 4 is 57.8 Å². The number of aromatic nitrogens is 1. The van der Waals surface area contributed by atoms with Gasteiger partial charge in [0.15, 0.2) is 0 Å². The van der Waals surface area contributed by atoms with Crippen molar-refractivity contribution in [2.45, 2.75) is 28.8 Å². The summed E-state index contributed by atoms with van der Waals surface area (Å²) in [5, 5.41) is 5.28. The van der Waals surface area contributed by atoms with Crippen LogP contribution in [0, 0.1) is 29.6 Å². The lowest BCUT2D eigenvalue weighted by atomic mass is 9.69. The third-order valence-electron chi connectivity index (χ3n) is 8.44. The third kappa shape index (κ3) is 3.84. The highest BCUT2D eigenvalue weighted by molar-refractivity contribution is 8.00. The van der Waals surface area contributed by atoms with E-state index in [1.165, 1.54) is 23.5 Å². The number of H-pyrrole nitrogens is 1. The molecule has 3 fully saturated rings. The summed E-state index contributed by atoms with van der Waals surface area (Å²) < 4.78 is 39.1. The van der Waals surface area contributed by atoms with Gasteiger partial charge in [0.25, 0.3) is 0 Å². The number of likely N-dealkylation sites (tertiary alicyclic amines) is 1. The number of nitrogens with zero attached hydrogens (tertiary/aromatic N) is 1. The van der Waals surface area contributed by atoms with Crippen molar-refractivity contribution in [3.63, 3.8) is 0 Å². The van der Waals surface area contributed by atoms with Crippen molar-refractivity contribution in [2.24, 2.45) is 29.6 Å². The molecule has 13 heteroatoms. The Balaban J connectivity index is 1.14. The van der Waals surface area contributed by atoms with Crippen LogP contribution in [-0.4, -0.2) is 39.4 Å². The molecule has 202 valence electrons. The Labute approximate surface area is 231 Å². The van der Waals surface area contributed by atoms with Gasteiger partial charge in [-0.15, -0.1) is 23.1 Å². The minimum absolute atomic E-state index is 0.0349. The number of benzene rings is 1. The predicted molar refractivity (Wildman–Crippen MR) is 140 cm³/mol. The number of thiazole rings is 1. The second-order valence-electron chi connectivity index (χ2n) is 10.4. The molecule has 0 spiro atoms. The summed E-state index contributed by atoms with van der Waals surface area (Å²) in [6, 6.07) is 8.24. The zero-order valence-corrected chi connectivity index (χ0v) is 22.4. The van der Waals surface area contributed by atoms with Crippen molar-refractivity contribution < 1.29 is 27.6 Å². The Morgan fingerprint density at radius 1 is 1.08 bits per heavy atom. The van der Waals surface area contributed by atoms with Crippen LogP contribution < -0.4 is 10.2 Å². The van der Waals surface area contributed by atoms with Gasteiger partial charge in [-0.05, 0) is 53.8 Å². The molecule has 2 saturated carbocycles. The van der Waals surface area contributed by atoms with Gasteiger partial charge in [0.2, 0.25) is 17.7 Å². The molecule has 7 nitrogen and oxygen atoms in total. The van der Waals surface area contributed by atoms with E-state index in [0.29, 0.717) is 0 Å². The number of carbonyl (C=O) groups is 3. The number of carbonyl (C=O) groups excluding carboxylic acids is 3. The highest BCUT2D eigenvalue weighted by Gasteiger charge is 2.69. The maximum atomic E-state index is 13.6. The van der Waals surface area contributed by atoms with Crippen molar-refractivity contribution in [3.8, 4) is 0 Å². The van der Waals surface area contributed by atoms with Gasteiger partial charge in [0, 0.05) is 26.6 Å². The van der Waals surface area contributed by atoms with Gasteiger partial charge in [-0.25, -0.2) is 0 Å². The molecule has 4 heterocycles. The topological polar surface area (TPSA) is 99.3 Å². The molecule has 4 aliphatic rings. The molecule has 1 saturated heterocycles. The number of thiophene rings is 1. The van der Waals surface area contributed by atoms with E-state index in [0.717, 1.165) is 38.2 Å². The van der Waals surface area contributed by atoms with Crippen LogP contribution in [0.4, 0.5) is 18.9 Å². The number of anilines is 1. The minimum atomic E-state index is -4.56. The quantitative estimate of drug-likeness (QED) is 0.432. The molecule has 2 bridgehead atoms. The monoisotopic (exact) mass is 591 g/mol. The van der Waals surface area contributed by atoms with E-state index in [-0.39, 0.29) is 39.5 Å². The molecule has 3 aromatic rings. The second-order valence-corrected chi connectivity index (χ2v) is 13.5. The molecule has 2 aliphatic heterocycles. The zero-order chi connectivity index (χ0) is 27.2. The van der Waals surface area contributed by atoms with Crippen LogP contribution >= 0.6 is 34.4 Å². The van der Waals surface area contributed by atoms with Crippen molar-refractivity contribution in [1.82, 2.24) is 9.88 Å². The molecule has 7 atom stereocenters. The van der Waals surface area contributed by atoms with Crippen LogP contribution in [0.5, 0.6) is 0 Å². The fraction of sp³-hybridized carbons (Fsp3) is 0.385. The van der Waals surface area contributed by atoms with Crippen molar-refractivity contribution in [2.75, 3.05) is 11.9 Å². The number of fused-ring (bicyclic) bond motifs is 9. The predicted octanol–water partition coefficient (Wildman–Crippen LogP) is 4.63. The Bertz CT molecular complexity index is 1570. The molecule has 3 amide bonds. The highest BCUT2D eigenvalue weighted by atomic mass is 32.2. The molecule has 0 radical (unpaired) electrons. The molecule has 6 unspecified atom stereocenters. The van der Waals surface area contributed by atoms with Crippen LogP contribution in [0.25, 0.3) is 0 Å². The summed E-state index contributed by atoms with van der Waals surface area (Å²) >= 11 is 4.41. The van der Waals surface area contributed by atoms with Gasteiger partial charge in [0.1, 0.15) is 6.54 Å². The van der Waals surface area contributed by atoms with E-state index in [2.05, 4.69) is 10.3 Å². The number of halogens is 3. The SMILES string of the molecule is O=C(CN1C(=O)C2C3CC(C2C1=O)C1C3Sc2[nH]c(=O)sc2[C@@H]1c1cccs1)Nc1cccc(C(F)(F)F)c1. The Morgan fingerprint density at radius 2 is 1.85 bits per heavy atom. The summed E-state index contributed by atoms with van der Waals surface area (Å²) in [6.45, 7) is -0.544. The fourth-order valence-electron chi connectivity index (χ4n) is 7.14. The van der Waals surface area contributed by atoms with E-state index in [1.807, 2.05) is 17.5 Å². The van der Waals surface area contributed by atoms with Crippen LogP contribution in [0.2, 0.25) is 0 Å². The van der Waals surface area contributed by atoms with Crippen molar-refractivity contribution in [1.29, 1.82) is 0 Å². The number of amides is 3. The number of alkyl halides is 3. The molecule has 2 aliphatic carbocycles. The van der Waals surface area contributed by atoms with E-state index >= 15 is 0 Å². The molecule has 2 N–H and O–H groups in total. The number of aromatic amines is 1.